The minimum atomic E-state index is 0.0544. The number of hydrogen-bond acceptors (Lipinski definition) is 3. The SMILES string of the molecule is C=C(C=O)C1(N(CCN2CCCCC2)C2CCC3=C(CCC3)C2)[C@@H]2C[C@@H]21. The lowest BCUT2D eigenvalue weighted by atomic mass is 9.85. The maximum atomic E-state index is 11.7. The Balaban J connectivity index is 1.35. The second-order valence-corrected chi connectivity index (χ2v) is 9.47. The largest absolute Gasteiger partial charge is 0.302 e. The molecular weight excluding hydrogens is 320 g/mol. The highest BCUT2D eigenvalue weighted by molar-refractivity contribution is 5.79. The smallest absolute Gasteiger partial charge is 0.147 e. The molecule has 4 aliphatic carbocycles. The summed E-state index contributed by atoms with van der Waals surface area (Å²) in [5.41, 5.74) is 4.48. The van der Waals surface area contributed by atoms with E-state index in [1.54, 1.807) is 11.1 Å². The van der Waals surface area contributed by atoms with Crippen LogP contribution >= 0.6 is 0 Å². The van der Waals surface area contributed by atoms with Crippen LogP contribution < -0.4 is 0 Å². The van der Waals surface area contributed by atoms with Crippen LogP contribution in [0.25, 0.3) is 0 Å². The van der Waals surface area contributed by atoms with E-state index in [1.807, 2.05) is 0 Å². The van der Waals surface area contributed by atoms with E-state index in [1.165, 1.54) is 83.8 Å². The second-order valence-electron chi connectivity index (χ2n) is 9.47. The predicted molar refractivity (Wildman–Crippen MR) is 105 cm³/mol. The summed E-state index contributed by atoms with van der Waals surface area (Å²) >= 11 is 0. The van der Waals surface area contributed by atoms with Crippen LogP contribution in [-0.4, -0.2) is 53.8 Å². The van der Waals surface area contributed by atoms with Gasteiger partial charge in [-0.2, -0.15) is 0 Å². The molecule has 2 saturated carbocycles. The fraction of sp³-hybridized carbons (Fsp3) is 0.783. The summed E-state index contributed by atoms with van der Waals surface area (Å²) in [5.74, 6) is 1.47. The van der Waals surface area contributed by atoms with Crippen molar-refractivity contribution in [3.63, 3.8) is 0 Å². The van der Waals surface area contributed by atoms with Crippen LogP contribution in [0, 0.1) is 11.8 Å². The third kappa shape index (κ3) is 2.65. The number of carbonyl (C=O) groups excluding carboxylic acids is 1. The fourth-order valence-corrected chi connectivity index (χ4v) is 6.61. The van der Waals surface area contributed by atoms with E-state index in [0.717, 1.165) is 30.2 Å². The number of aldehydes is 1. The van der Waals surface area contributed by atoms with Crippen LogP contribution in [0.5, 0.6) is 0 Å². The van der Waals surface area contributed by atoms with Gasteiger partial charge in [0.15, 0.2) is 0 Å². The number of hydrogen-bond donors (Lipinski definition) is 0. The molecule has 1 saturated heterocycles. The van der Waals surface area contributed by atoms with Crippen molar-refractivity contribution in [1.29, 1.82) is 0 Å². The second kappa shape index (κ2) is 6.60. The zero-order valence-corrected chi connectivity index (χ0v) is 16.2. The molecule has 4 atom stereocenters. The average Bonchev–Trinajstić information content (AvgIpc) is 3.55. The molecule has 3 nitrogen and oxygen atoms in total. The first-order valence-electron chi connectivity index (χ1n) is 11.1. The monoisotopic (exact) mass is 354 g/mol. The van der Waals surface area contributed by atoms with Crippen molar-refractivity contribution in [1.82, 2.24) is 9.80 Å². The Bertz CT molecular complexity index is 622. The van der Waals surface area contributed by atoms with Gasteiger partial charge >= 0.3 is 0 Å². The third-order valence-electron chi connectivity index (χ3n) is 8.21. The Morgan fingerprint density at radius 3 is 2.58 bits per heavy atom. The molecule has 1 aliphatic heterocycles. The lowest BCUT2D eigenvalue weighted by Crippen LogP contribution is -2.54. The molecule has 26 heavy (non-hydrogen) atoms. The van der Waals surface area contributed by atoms with Crippen molar-refractivity contribution in [2.24, 2.45) is 11.8 Å². The lowest BCUT2D eigenvalue weighted by molar-refractivity contribution is -0.106. The van der Waals surface area contributed by atoms with Gasteiger partial charge in [-0.3, -0.25) is 9.69 Å². The van der Waals surface area contributed by atoms with E-state index in [0.29, 0.717) is 6.04 Å². The van der Waals surface area contributed by atoms with Gasteiger partial charge in [-0.25, -0.2) is 0 Å². The molecule has 0 aromatic rings. The van der Waals surface area contributed by atoms with Gasteiger partial charge in [-0.1, -0.05) is 24.1 Å². The van der Waals surface area contributed by atoms with Gasteiger partial charge in [-0.05, 0) is 82.7 Å². The number of rotatable bonds is 7. The number of piperidine rings is 1. The van der Waals surface area contributed by atoms with E-state index in [9.17, 15) is 4.79 Å². The molecule has 0 aromatic heterocycles. The molecule has 0 amide bonds. The van der Waals surface area contributed by atoms with Gasteiger partial charge in [0.2, 0.25) is 0 Å². The molecule has 142 valence electrons. The van der Waals surface area contributed by atoms with E-state index in [2.05, 4.69) is 16.4 Å². The maximum absolute atomic E-state index is 11.7. The summed E-state index contributed by atoms with van der Waals surface area (Å²) in [5, 5.41) is 0. The van der Waals surface area contributed by atoms with Gasteiger partial charge in [0.25, 0.3) is 0 Å². The molecule has 0 bridgehead atoms. The molecule has 3 fully saturated rings. The molecule has 5 rings (SSSR count). The van der Waals surface area contributed by atoms with Gasteiger partial charge in [0, 0.05) is 24.7 Å². The Labute approximate surface area is 158 Å². The standard InChI is InChI=1S/C23H34N2O/c1-17(16-26)23(21-15-22(21)23)25(13-12-24-10-3-2-4-11-24)20-9-8-18-6-5-7-19(18)14-20/h16,20-22H,1-15H2/t20?,21-,22+,23?. The maximum Gasteiger partial charge on any atom is 0.147 e. The average molecular weight is 355 g/mol. The summed E-state index contributed by atoms with van der Waals surface area (Å²) in [6.45, 7) is 9.07. The van der Waals surface area contributed by atoms with Gasteiger partial charge < -0.3 is 4.90 Å². The van der Waals surface area contributed by atoms with Crippen LogP contribution in [0.2, 0.25) is 0 Å². The molecule has 0 aromatic carbocycles. The van der Waals surface area contributed by atoms with Crippen molar-refractivity contribution in [3.05, 3.63) is 23.3 Å². The van der Waals surface area contributed by atoms with Gasteiger partial charge in [0.1, 0.15) is 6.29 Å². The first kappa shape index (κ1) is 17.2. The molecule has 3 heteroatoms. The van der Waals surface area contributed by atoms with E-state index in [-0.39, 0.29) is 5.54 Å². The predicted octanol–water partition coefficient (Wildman–Crippen LogP) is 3.95. The van der Waals surface area contributed by atoms with Crippen molar-refractivity contribution >= 4 is 6.29 Å². The first-order valence-corrected chi connectivity index (χ1v) is 11.1. The van der Waals surface area contributed by atoms with Crippen molar-refractivity contribution in [3.8, 4) is 0 Å². The topological polar surface area (TPSA) is 23.6 Å². The van der Waals surface area contributed by atoms with Crippen molar-refractivity contribution in [2.75, 3.05) is 26.2 Å². The summed E-state index contributed by atoms with van der Waals surface area (Å²) in [4.78, 5) is 17.1. The van der Waals surface area contributed by atoms with E-state index >= 15 is 0 Å². The minimum Gasteiger partial charge on any atom is -0.302 e. The van der Waals surface area contributed by atoms with Crippen LogP contribution in [0.1, 0.15) is 64.2 Å². The fourth-order valence-electron chi connectivity index (χ4n) is 6.61. The minimum absolute atomic E-state index is 0.0544. The molecule has 5 aliphatic rings. The zero-order valence-electron chi connectivity index (χ0n) is 16.2. The molecule has 1 heterocycles. The Morgan fingerprint density at radius 2 is 1.88 bits per heavy atom. The highest BCUT2D eigenvalue weighted by atomic mass is 16.1. The van der Waals surface area contributed by atoms with E-state index < -0.39 is 0 Å². The molecule has 0 radical (unpaired) electrons. The summed E-state index contributed by atoms with van der Waals surface area (Å²) in [6.07, 6.45) is 14.4. The summed E-state index contributed by atoms with van der Waals surface area (Å²) < 4.78 is 0. The number of likely N-dealkylation sites (tertiary alicyclic amines) is 1. The van der Waals surface area contributed by atoms with Crippen LogP contribution in [-0.2, 0) is 4.79 Å². The van der Waals surface area contributed by atoms with E-state index in [4.69, 9.17) is 0 Å². The molecule has 0 N–H and O–H groups in total. The highest BCUT2D eigenvalue weighted by Crippen LogP contribution is 2.76. The number of carbonyl (C=O) groups is 1. The quantitative estimate of drug-likeness (QED) is 0.393. The van der Waals surface area contributed by atoms with Crippen molar-refractivity contribution < 1.29 is 4.79 Å². The summed E-state index contributed by atoms with van der Waals surface area (Å²) in [7, 11) is 0. The van der Waals surface area contributed by atoms with Gasteiger partial charge in [0.05, 0.1) is 5.54 Å². The Kier molecular flexibility index (Phi) is 4.36. The van der Waals surface area contributed by atoms with Gasteiger partial charge in [-0.15, -0.1) is 0 Å². The number of nitrogens with zero attached hydrogens (tertiary/aromatic N) is 2. The first-order chi connectivity index (χ1) is 12.7. The Hall–Kier alpha value is -0.930. The third-order valence-corrected chi connectivity index (χ3v) is 8.21. The molecular formula is C23H34N2O. The number of allylic oxidation sites excluding steroid dienone is 1. The lowest BCUT2D eigenvalue weighted by Gasteiger charge is -2.45. The molecule has 2 unspecified atom stereocenters. The zero-order chi connectivity index (χ0) is 17.7. The Morgan fingerprint density at radius 1 is 1.12 bits per heavy atom. The summed E-state index contributed by atoms with van der Waals surface area (Å²) in [6, 6.07) is 0.640. The van der Waals surface area contributed by atoms with Crippen LogP contribution in [0.4, 0.5) is 0 Å². The normalized spacial score (nSPS) is 38.9. The van der Waals surface area contributed by atoms with Crippen molar-refractivity contribution in [2.45, 2.75) is 75.8 Å². The highest BCUT2D eigenvalue weighted by Gasteiger charge is 2.80. The van der Waals surface area contributed by atoms with Crippen LogP contribution in [0.3, 0.4) is 0 Å². The number of fused-ring (bicyclic) bond motifs is 1. The van der Waals surface area contributed by atoms with Crippen LogP contribution in [0.15, 0.2) is 23.3 Å². The molecule has 0 spiro atoms.